The number of aromatic nitrogens is 1. The Morgan fingerprint density at radius 1 is 1.19 bits per heavy atom. The summed E-state index contributed by atoms with van der Waals surface area (Å²) in [5.41, 5.74) is 3.92. The highest BCUT2D eigenvalue weighted by Gasteiger charge is 2.13. The average molecular weight is 367 g/mol. The summed E-state index contributed by atoms with van der Waals surface area (Å²) >= 11 is 5.95. The van der Waals surface area contributed by atoms with Crippen LogP contribution in [0.1, 0.15) is 27.9 Å². The van der Waals surface area contributed by atoms with Gasteiger partial charge in [-0.3, -0.25) is 0 Å². The zero-order valence-corrected chi connectivity index (χ0v) is 15.3. The van der Waals surface area contributed by atoms with Gasteiger partial charge in [-0.1, -0.05) is 23.7 Å². The number of fused-ring (bicyclic) bond motifs is 1. The molecular formula is C21H19ClN2O2. The van der Waals surface area contributed by atoms with Crippen molar-refractivity contribution in [1.82, 2.24) is 4.57 Å². The number of hydrogen-bond acceptors (Lipinski definition) is 3. The Morgan fingerprint density at radius 3 is 2.65 bits per heavy atom. The number of esters is 1. The lowest BCUT2D eigenvalue weighted by molar-refractivity contribution is 0.0601. The number of methoxy groups -OCH3 is 1. The minimum absolute atomic E-state index is 0.347. The standard InChI is InChI=1S/C21H19ClN2O2/c1-26-21(25)16-7-10-20-19(13-16)17(14-24(20)12-2-11-23)6-3-15-4-8-18(22)9-5-15/h4-5,7-10,13-14H,2-3,6,12H2,1H3. The normalized spacial score (nSPS) is 10.7. The number of rotatable bonds is 6. The average Bonchev–Trinajstić information content (AvgIpc) is 3.02. The maximum absolute atomic E-state index is 11.9. The van der Waals surface area contributed by atoms with E-state index in [-0.39, 0.29) is 5.97 Å². The van der Waals surface area contributed by atoms with E-state index in [2.05, 4.69) is 16.8 Å². The summed E-state index contributed by atoms with van der Waals surface area (Å²) in [5, 5.41) is 10.6. The van der Waals surface area contributed by atoms with Crippen LogP contribution in [-0.2, 0) is 24.1 Å². The predicted octanol–water partition coefficient (Wildman–Crippen LogP) is 4.78. The van der Waals surface area contributed by atoms with E-state index in [1.54, 1.807) is 6.07 Å². The number of hydrogen-bond donors (Lipinski definition) is 0. The van der Waals surface area contributed by atoms with Gasteiger partial charge in [0.2, 0.25) is 0 Å². The molecule has 1 aromatic heterocycles. The number of benzene rings is 2. The second-order valence-corrected chi connectivity index (χ2v) is 6.54. The lowest BCUT2D eigenvalue weighted by Crippen LogP contribution is -2.01. The molecule has 0 aliphatic carbocycles. The Labute approximate surface area is 157 Å². The van der Waals surface area contributed by atoms with Crippen LogP contribution in [0.3, 0.4) is 0 Å². The molecule has 0 radical (unpaired) electrons. The first-order valence-corrected chi connectivity index (χ1v) is 8.81. The lowest BCUT2D eigenvalue weighted by atomic mass is 10.0. The molecule has 0 amide bonds. The van der Waals surface area contributed by atoms with E-state index in [4.69, 9.17) is 21.6 Å². The van der Waals surface area contributed by atoms with Crippen molar-refractivity contribution in [3.63, 3.8) is 0 Å². The topological polar surface area (TPSA) is 55.0 Å². The first-order chi connectivity index (χ1) is 12.6. The third kappa shape index (κ3) is 3.89. The van der Waals surface area contributed by atoms with Crippen LogP contribution in [0.5, 0.6) is 0 Å². The highest BCUT2D eigenvalue weighted by Crippen LogP contribution is 2.25. The van der Waals surface area contributed by atoms with E-state index in [0.717, 1.165) is 34.3 Å². The summed E-state index contributed by atoms with van der Waals surface area (Å²) in [7, 11) is 1.38. The largest absolute Gasteiger partial charge is 0.465 e. The van der Waals surface area contributed by atoms with Crippen LogP contribution in [0.4, 0.5) is 0 Å². The van der Waals surface area contributed by atoms with Gasteiger partial charge in [-0.25, -0.2) is 4.79 Å². The Bertz CT molecular complexity index is 968. The molecule has 3 rings (SSSR count). The second kappa shape index (κ2) is 8.07. The Hall–Kier alpha value is -2.77. The number of halogens is 1. The summed E-state index contributed by atoms with van der Waals surface area (Å²) in [6.07, 6.45) is 4.23. The Balaban J connectivity index is 1.94. The first kappa shape index (κ1) is 18.0. The first-order valence-electron chi connectivity index (χ1n) is 8.44. The molecule has 5 heteroatoms. The van der Waals surface area contributed by atoms with Crippen molar-refractivity contribution >= 4 is 28.5 Å². The highest BCUT2D eigenvalue weighted by molar-refractivity contribution is 6.30. The van der Waals surface area contributed by atoms with E-state index in [0.29, 0.717) is 18.5 Å². The number of ether oxygens (including phenoxy) is 1. The molecule has 0 saturated carbocycles. The summed E-state index contributed by atoms with van der Waals surface area (Å²) in [6, 6.07) is 15.6. The molecule has 2 aromatic carbocycles. The molecule has 1 heterocycles. The Morgan fingerprint density at radius 2 is 1.96 bits per heavy atom. The van der Waals surface area contributed by atoms with Gasteiger partial charge in [-0.2, -0.15) is 5.26 Å². The second-order valence-electron chi connectivity index (χ2n) is 6.11. The van der Waals surface area contributed by atoms with E-state index in [1.807, 2.05) is 36.4 Å². The van der Waals surface area contributed by atoms with Gasteiger partial charge in [0.15, 0.2) is 0 Å². The van der Waals surface area contributed by atoms with Crippen LogP contribution in [0.25, 0.3) is 10.9 Å². The summed E-state index contributed by atoms with van der Waals surface area (Å²) in [5.74, 6) is -0.347. The summed E-state index contributed by atoms with van der Waals surface area (Å²) in [4.78, 5) is 11.9. The predicted molar refractivity (Wildman–Crippen MR) is 102 cm³/mol. The van der Waals surface area contributed by atoms with Gasteiger partial charge in [-0.05, 0) is 54.3 Å². The monoisotopic (exact) mass is 366 g/mol. The highest BCUT2D eigenvalue weighted by atomic mass is 35.5. The molecule has 0 bridgehead atoms. The van der Waals surface area contributed by atoms with Crippen molar-refractivity contribution in [1.29, 1.82) is 5.26 Å². The number of nitrogens with zero attached hydrogens (tertiary/aromatic N) is 2. The van der Waals surface area contributed by atoms with Crippen molar-refractivity contribution in [3.8, 4) is 6.07 Å². The fourth-order valence-electron chi connectivity index (χ4n) is 3.10. The van der Waals surface area contributed by atoms with Crippen molar-refractivity contribution in [2.45, 2.75) is 25.8 Å². The van der Waals surface area contributed by atoms with Gasteiger partial charge in [0.05, 0.1) is 25.2 Å². The smallest absolute Gasteiger partial charge is 0.337 e. The minimum Gasteiger partial charge on any atom is -0.465 e. The molecule has 0 aliphatic heterocycles. The van der Waals surface area contributed by atoms with Crippen molar-refractivity contribution in [2.75, 3.05) is 7.11 Å². The maximum atomic E-state index is 11.9. The third-order valence-electron chi connectivity index (χ3n) is 4.45. The van der Waals surface area contributed by atoms with Gasteiger partial charge in [-0.15, -0.1) is 0 Å². The maximum Gasteiger partial charge on any atom is 0.337 e. The number of carbonyl (C=O) groups excluding carboxylic acids is 1. The Kier molecular flexibility index (Phi) is 5.60. The molecule has 0 unspecified atom stereocenters. The van der Waals surface area contributed by atoms with Gasteiger partial charge >= 0.3 is 5.97 Å². The molecule has 0 saturated heterocycles. The fraction of sp³-hybridized carbons (Fsp3) is 0.238. The molecule has 3 aromatic rings. The van der Waals surface area contributed by atoms with Crippen LogP contribution in [-0.4, -0.2) is 17.6 Å². The molecule has 0 atom stereocenters. The number of aryl methyl sites for hydroxylation is 3. The van der Waals surface area contributed by atoms with Crippen molar-refractivity contribution < 1.29 is 9.53 Å². The molecular weight excluding hydrogens is 348 g/mol. The van der Waals surface area contributed by atoms with E-state index in [9.17, 15) is 4.79 Å². The van der Waals surface area contributed by atoms with Gasteiger partial charge in [0.1, 0.15) is 0 Å². The van der Waals surface area contributed by atoms with Gasteiger partial charge < -0.3 is 9.30 Å². The van der Waals surface area contributed by atoms with Crippen molar-refractivity contribution in [2.24, 2.45) is 0 Å². The lowest BCUT2D eigenvalue weighted by Gasteiger charge is -2.04. The fourth-order valence-corrected chi connectivity index (χ4v) is 3.23. The molecule has 4 nitrogen and oxygen atoms in total. The number of nitriles is 1. The van der Waals surface area contributed by atoms with Crippen LogP contribution in [0.15, 0.2) is 48.7 Å². The van der Waals surface area contributed by atoms with E-state index < -0.39 is 0 Å². The van der Waals surface area contributed by atoms with E-state index in [1.165, 1.54) is 12.7 Å². The third-order valence-corrected chi connectivity index (χ3v) is 4.70. The van der Waals surface area contributed by atoms with Crippen LogP contribution in [0, 0.1) is 11.3 Å². The molecule has 26 heavy (non-hydrogen) atoms. The minimum atomic E-state index is -0.347. The van der Waals surface area contributed by atoms with E-state index >= 15 is 0 Å². The van der Waals surface area contributed by atoms with Gasteiger partial charge in [0.25, 0.3) is 0 Å². The summed E-state index contributed by atoms with van der Waals surface area (Å²) in [6.45, 7) is 0.630. The van der Waals surface area contributed by atoms with Gasteiger partial charge in [0, 0.05) is 28.7 Å². The molecule has 0 aliphatic rings. The quantitative estimate of drug-likeness (QED) is 0.590. The molecule has 132 valence electrons. The number of carbonyl (C=O) groups is 1. The van der Waals surface area contributed by atoms with Crippen molar-refractivity contribution in [3.05, 3.63) is 70.4 Å². The summed E-state index contributed by atoms with van der Waals surface area (Å²) < 4.78 is 6.92. The molecule has 0 fully saturated rings. The van der Waals surface area contributed by atoms with Crippen LogP contribution < -0.4 is 0 Å². The molecule has 0 spiro atoms. The SMILES string of the molecule is COC(=O)c1ccc2c(c1)c(CCc1ccc(Cl)cc1)cn2CCC#N. The van der Waals surface area contributed by atoms with Crippen LogP contribution >= 0.6 is 11.6 Å². The zero-order valence-electron chi connectivity index (χ0n) is 14.5. The molecule has 0 N–H and O–H groups in total. The van der Waals surface area contributed by atoms with Crippen LogP contribution in [0.2, 0.25) is 5.02 Å². The zero-order chi connectivity index (χ0) is 18.5.